The van der Waals surface area contributed by atoms with E-state index in [-0.39, 0.29) is 0 Å². The second-order valence-electron chi connectivity index (χ2n) is 4.76. The minimum atomic E-state index is -0.441. The number of rotatable bonds is 7. The second kappa shape index (κ2) is 6.82. The van der Waals surface area contributed by atoms with Crippen LogP contribution >= 0.6 is 0 Å². The molecule has 0 aliphatic heterocycles. The molecule has 0 N–H and O–H groups in total. The molecule has 0 bridgehead atoms. The molecule has 0 heterocycles. The Bertz CT molecular complexity index is 119. The lowest BCUT2D eigenvalue weighted by atomic mass is 10.1. The topological polar surface area (TPSA) is 0 Å². The second-order valence-corrected chi connectivity index (χ2v) is 10.2. The van der Waals surface area contributed by atoms with Crippen molar-refractivity contribution in [3.05, 3.63) is 0 Å². The molecular formula is C11H28Si2. The van der Waals surface area contributed by atoms with Crippen LogP contribution in [0, 0.1) is 0 Å². The summed E-state index contributed by atoms with van der Waals surface area (Å²) in [4.78, 5) is 0. The van der Waals surface area contributed by atoms with E-state index in [4.69, 9.17) is 0 Å². The zero-order chi connectivity index (χ0) is 10.3. The predicted molar refractivity (Wildman–Crippen MR) is 70.6 cm³/mol. The molecule has 2 heteroatoms. The summed E-state index contributed by atoms with van der Waals surface area (Å²) < 4.78 is 0. The molecule has 0 nitrogen and oxygen atoms in total. The van der Waals surface area contributed by atoms with Crippen molar-refractivity contribution >= 4 is 18.3 Å². The summed E-state index contributed by atoms with van der Waals surface area (Å²) in [5.74, 6) is 0. The molecule has 0 aliphatic carbocycles. The summed E-state index contributed by atoms with van der Waals surface area (Å²) in [7, 11) is -0.105. The smallest absolute Gasteiger partial charge is 0.0398 e. The molecule has 0 rings (SSSR count). The van der Waals surface area contributed by atoms with Crippen molar-refractivity contribution in [3.63, 3.8) is 0 Å². The summed E-state index contributed by atoms with van der Waals surface area (Å²) in [6, 6.07) is 3.18. The SMILES string of the molecule is CCC(C)(CC)[SiH](C)CCC[SiH2]C. The summed E-state index contributed by atoms with van der Waals surface area (Å²) in [5.41, 5.74) is 0. The van der Waals surface area contributed by atoms with Crippen LogP contribution in [0.5, 0.6) is 0 Å². The van der Waals surface area contributed by atoms with Gasteiger partial charge in [-0.3, -0.25) is 0 Å². The average molecular weight is 217 g/mol. The van der Waals surface area contributed by atoms with Gasteiger partial charge >= 0.3 is 0 Å². The Balaban J connectivity index is 3.84. The van der Waals surface area contributed by atoms with Crippen LogP contribution in [-0.2, 0) is 0 Å². The van der Waals surface area contributed by atoms with Crippen molar-refractivity contribution in [1.82, 2.24) is 0 Å². The highest BCUT2D eigenvalue weighted by Gasteiger charge is 2.27. The first-order valence-corrected chi connectivity index (χ1v) is 11.1. The van der Waals surface area contributed by atoms with Gasteiger partial charge in [-0.2, -0.15) is 0 Å². The molecule has 0 aliphatic rings. The van der Waals surface area contributed by atoms with Gasteiger partial charge in [-0.15, -0.1) is 0 Å². The van der Waals surface area contributed by atoms with E-state index in [9.17, 15) is 0 Å². The summed E-state index contributed by atoms with van der Waals surface area (Å²) in [6.45, 7) is 12.3. The molecular weight excluding hydrogens is 188 g/mol. The van der Waals surface area contributed by atoms with Crippen molar-refractivity contribution < 1.29 is 0 Å². The van der Waals surface area contributed by atoms with Crippen LogP contribution in [0.15, 0.2) is 0 Å². The molecule has 13 heavy (non-hydrogen) atoms. The maximum absolute atomic E-state index is 2.59. The first kappa shape index (κ1) is 13.4. The zero-order valence-electron chi connectivity index (χ0n) is 10.3. The predicted octanol–water partition coefficient (Wildman–Crippen LogP) is 3.45. The molecule has 0 radical (unpaired) electrons. The highest BCUT2D eigenvalue weighted by molar-refractivity contribution is 6.60. The Hall–Kier alpha value is 0.434. The normalized spacial score (nSPS) is 15.5. The molecule has 0 aromatic rings. The Morgan fingerprint density at radius 3 is 2.15 bits per heavy atom. The molecule has 1 unspecified atom stereocenters. The maximum atomic E-state index is 2.59. The van der Waals surface area contributed by atoms with Crippen LogP contribution in [0.2, 0.25) is 30.2 Å². The van der Waals surface area contributed by atoms with Crippen molar-refractivity contribution in [2.24, 2.45) is 0 Å². The van der Waals surface area contributed by atoms with Gasteiger partial charge in [-0.05, 0) is 5.04 Å². The molecule has 0 fully saturated rings. The van der Waals surface area contributed by atoms with Gasteiger partial charge in [0.15, 0.2) is 0 Å². The van der Waals surface area contributed by atoms with Gasteiger partial charge in [-0.1, -0.05) is 65.2 Å². The van der Waals surface area contributed by atoms with Crippen LogP contribution < -0.4 is 0 Å². The largest absolute Gasteiger partial charge is 0.0748 e. The third kappa shape index (κ3) is 4.45. The number of hydrogen-bond acceptors (Lipinski definition) is 0. The first-order valence-electron chi connectivity index (χ1n) is 6.10. The average Bonchev–Trinajstić information content (AvgIpc) is 2.17. The fourth-order valence-corrected chi connectivity index (χ4v) is 6.35. The third-order valence-electron chi connectivity index (χ3n) is 4.05. The van der Waals surface area contributed by atoms with E-state index in [0.29, 0.717) is 9.52 Å². The van der Waals surface area contributed by atoms with Gasteiger partial charge in [-0.25, -0.2) is 0 Å². The van der Waals surface area contributed by atoms with Crippen LogP contribution in [0.3, 0.4) is 0 Å². The van der Waals surface area contributed by atoms with Crippen LogP contribution in [0.4, 0.5) is 0 Å². The van der Waals surface area contributed by atoms with E-state index in [2.05, 4.69) is 33.9 Å². The Morgan fingerprint density at radius 2 is 1.77 bits per heavy atom. The molecule has 0 amide bonds. The quantitative estimate of drug-likeness (QED) is 0.452. The molecule has 80 valence electrons. The molecule has 1 atom stereocenters. The summed E-state index contributed by atoms with van der Waals surface area (Å²) in [6.07, 6.45) is 4.35. The summed E-state index contributed by atoms with van der Waals surface area (Å²) in [5, 5.41) is 0.745. The van der Waals surface area contributed by atoms with Gasteiger partial charge in [0.1, 0.15) is 0 Å². The van der Waals surface area contributed by atoms with Gasteiger partial charge < -0.3 is 0 Å². The van der Waals surface area contributed by atoms with E-state index in [1.54, 1.807) is 18.5 Å². The van der Waals surface area contributed by atoms with Crippen LogP contribution in [-0.4, -0.2) is 18.3 Å². The monoisotopic (exact) mass is 216 g/mol. The van der Waals surface area contributed by atoms with Gasteiger partial charge in [0.25, 0.3) is 0 Å². The van der Waals surface area contributed by atoms with Crippen molar-refractivity contribution in [2.45, 2.75) is 70.3 Å². The minimum absolute atomic E-state index is 0.337. The van der Waals surface area contributed by atoms with Crippen molar-refractivity contribution in [3.8, 4) is 0 Å². The first-order chi connectivity index (χ1) is 6.10. The van der Waals surface area contributed by atoms with Crippen molar-refractivity contribution in [1.29, 1.82) is 0 Å². The van der Waals surface area contributed by atoms with Crippen LogP contribution in [0.1, 0.15) is 40.0 Å². The van der Waals surface area contributed by atoms with Gasteiger partial charge in [0, 0.05) is 18.3 Å². The standard InChI is InChI=1S/C11H28Si2/c1-6-11(3,7-2)13(5)10-8-9-12-4/h13H,6-10,12H2,1-5H3. The zero-order valence-corrected chi connectivity index (χ0v) is 12.9. The Kier molecular flexibility index (Phi) is 7.05. The van der Waals surface area contributed by atoms with Gasteiger partial charge in [0.2, 0.25) is 0 Å². The maximum Gasteiger partial charge on any atom is 0.0398 e. The fraction of sp³-hybridized carbons (Fsp3) is 1.00. The fourth-order valence-electron chi connectivity index (χ4n) is 2.00. The third-order valence-corrected chi connectivity index (χ3v) is 9.72. The summed E-state index contributed by atoms with van der Waals surface area (Å²) >= 11 is 0. The van der Waals surface area contributed by atoms with E-state index in [0.717, 1.165) is 5.04 Å². The van der Waals surface area contributed by atoms with E-state index in [1.165, 1.54) is 12.8 Å². The van der Waals surface area contributed by atoms with Gasteiger partial charge in [0.05, 0.1) is 0 Å². The Morgan fingerprint density at radius 1 is 1.23 bits per heavy atom. The molecule has 0 saturated carbocycles. The lowest BCUT2D eigenvalue weighted by Crippen LogP contribution is -2.26. The Labute approximate surface area is 88.9 Å². The van der Waals surface area contributed by atoms with E-state index in [1.807, 2.05) is 0 Å². The lowest BCUT2D eigenvalue weighted by molar-refractivity contribution is 0.550. The van der Waals surface area contributed by atoms with E-state index < -0.39 is 8.80 Å². The highest BCUT2D eigenvalue weighted by atomic mass is 28.3. The van der Waals surface area contributed by atoms with Crippen LogP contribution in [0.25, 0.3) is 0 Å². The molecule has 0 spiro atoms. The highest BCUT2D eigenvalue weighted by Crippen LogP contribution is 2.39. The molecule has 0 aromatic heterocycles. The van der Waals surface area contributed by atoms with E-state index >= 15 is 0 Å². The number of hydrogen-bond donors (Lipinski definition) is 0. The minimum Gasteiger partial charge on any atom is -0.0748 e. The molecule has 0 saturated heterocycles. The molecule has 0 aromatic carbocycles. The van der Waals surface area contributed by atoms with Crippen molar-refractivity contribution in [2.75, 3.05) is 0 Å². The lowest BCUT2D eigenvalue weighted by Gasteiger charge is -2.33.